The van der Waals surface area contributed by atoms with E-state index in [9.17, 15) is 44.1 Å². The lowest BCUT2D eigenvalue weighted by Gasteiger charge is -2.44. The van der Waals surface area contributed by atoms with Gasteiger partial charge in [-0.15, -0.1) is 0 Å². The van der Waals surface area contributed by atoms with Crippen LogP contribution in [-0.4, -0.2) is 122 Å². The molecule has 3 aliphatic rings. The quantitative estimate of drug-likeness (QED) is 0.0499. The van der Waals surface area contributed by atoms with Crippen LogP contribution in [0.25, 0.3) is 0 Å². The number of aliphatic hydroxyl groups excluding tert-OH is 3. The number of aliphatic hydroxyl groups is 3. The molecule has 14 nitrogen and oxygen atoms in total. The van der Waals surface area contributed by atoms with Crippen LogP contribution in [0.4, 0.5) is 0 Å². The van der Waals surface area contributed by atoms with Crippen LogP contribution in [0.15, 0.2) is 12.2 Å². The molecule has 0 aromatic heterocycles. The van der Waals surface area contributed by atoms with E-state index in [-0.39, 0.29) is 11.8 Å². The molecule has 7 atom stereocenters. The molecule has 2 saturated heterocycles. The minimum Gasteiger partial charge on any atom is -0.463 e. The molecule has 216 valence electrons. The van der Waals surface area contributed by atoms with E-state index < -0.39 is 78.5 Å². The molecular weight excluding hydrogens is 556 g/mol. The van der Waals surface area contributed by atoms with Crippen LogP contribution in [0.3, 0.4) is 0 Å². The predicted molar refractivity (Wildman–Crippen MR) is 138 cm³/mol. The Labute approximate surface area is 232 Å². The van der Waals surface area contributed by atoms with E-state index in [1.807, 2.05) is 6.92 Å². The zero-order valence-electron chi connectivity index (χ0n) is 21.3. The fourth-order valence-electron chi connectivity index (χ4n) is 4.14. The maximum absolute atomic E-state index is 12.5. The first-order valence-corrected chi connectivity index (χ1v) is 14.7. The molecule has 3 aliphatic heterocycles. The van der Waals surface area contributed by atoms with E-state index >= 15 is 0 Å². The monoisotopic (exact) mass is 588 g/mol. The average molecular weight is 589 g/mol. The van der Waals surface area contributed by atoms with Gasteiger partial charge in [0.2, 0.25) is 5.91 Å². The largest absolute Gasteiger partial charge is 0.463 e. The van der Waals surface area contributed by atoms with Gasteiger partial charge < -0.3 is 35.6 Å². The highest BCUT2D eigenvalue weighted by Gasteiger charge is 2.55. The second-order valence-corrected chi connectivity index (χ2v) is 12.4. The van der Waals surface area contributed by atoms with Crippen LogP contribution in [0.5, 0.6) is 0 Å². The highest BCUT2D eigenvalue weighted by atomic mass is 33.1. The van der Waals surface area contributed by atoms with Crippen molar-refractivity contribution in [3.8, 4) is 0 Å². The minimum absolute atomic E-state index is 0.172. The number of hydrogen-bond acceptors (Lipinski definition) is 12. The van der Waals surface area contributed by atoms with Gasteiger partial charge in [-0.2, -0.15) is 0 Å². The van der Waals surface area contributed by atoms with Gasteiger partial charge in [0.15, 0.2) is 0 Å². The van der Waals surface area contributed by atoms with Gasteiger partial charge in [0, 0.05) is 29.7 Å². The Morgan fingerprint density at radius 3 is 2.38 bits per heavy atom. The second kappa shape index (κ2) is 13.6. The molecule has 5 N–H and O–H groups in total. The van der Waals surface area contributed by atoms with E-state index in [0.29, 0.717) is 25.1 Å². The SMILES string of the molecule is CC(CCNC(=O)CN1C(=O)C=CC1=O)SSCCC(C)C(=O)OC[C@@H]1[C@@H](O)[C@H](O)[C@H](O)[C@H]2NC(=O)C(=O)N12. The van der Waals surface area contributed by atoms with Crippen molar-refractivity contribution in [1.82, 2.24) is 20.4 Å². The van der Waals surface area contributed by atoms with Crippen LogP contribution in [0.1, 0.15) is 26.7 Å². The Balaban J connectivity index is 1.31. The number of piperidine rings is 1. The first-order chi connectivity index (χ1) is 18.4. The number of ether oxygens (including phenoxy) is 1. The number of rotatable bonds is 13. The summed E-state index contributed by atoms with van der Waals surface area (Å²) in [5.41, 5.74) is 0. The van der Waals surface area contributed by atoms with Gasteiger partial charge in [0.1, 0.15) is 37.6 Å². The molecule has 5 amide bonds. The Morgan fingerprint density at radius 2 is 1.72 bits per heavy atom. The number of nitrogens with zero attached hydrogens (tertiary/aromatic N) is 2. The van der Waals surface area contributed by atoms with Crippen LogP contribution in [0, 0.1) is 5.92 Å². The molecule has 0 radical (unpaired) electrons. The summed E-state index contributed by atoms with van der Waals surface area (Å²) < 4.78 is 5.27. The summed E-state index contributed by atoms with van der Waals surface area (Å²) in [5, 5.41) is 35.6. The van der Waals surface area contributed by atoms with Gasteiger partial charge in [-0.05, 0) is 12.8 Å². The first-order valence-electron chi connectivity index (χ1n) is 12.3. The lowest BCUT2D eigenvalue weighted by atomic mass is 9.92. The van der Waals surface area contributed by atoms with Gasteiger partial charge in [-0.25, -0.2) is 0 Å². The molecule has 0 bridgehead atoms. The number of hydrogen-bond donors (Lipinski definition) is 5. The fraction of sp³-hybridized carbons (Fsp3) is 0.652. The van der Waals surface area contributed by atoms with Crippen molar-refractivity contribution in [2.24, 2.45) is 5.92 Å². The van der Waals surface area contributed by atoms with E-state index in [0.717, 1.165) is 22.0 Å². The second-order valence-electron chi connectivity index (χ2n) is 9.45. The number of esters is 1. The maximum atomic E-state index is 12.5. The van der Waals surface area contributed by atoms with Crippen molar-refractivity contribution in [3.63, 3.8) is 0 Å². The molecule has 3 rings (SSSR count). The van der Waals surface area contributed by atoms with Crippen LogP contribution in [0.2, 0.25) is 0 Å². The molecule has 2 fully saturated rings. The molecule has 3 heterocycles. The van der Waals surface area contributed by atoms with E-state index in [4.69, 9.17) is 4.74 Å². The van der Waals surface area contributed by atoms with Crippen molar-refractivity contribution in [1.29, 1.82) is 0 Å². The number of carbonyl (C=O) groups excluding carboxylic acids is 6. The Bertz CT molecular complexity index is 1010. The minimum atomic E-state index is -1.64. The van der Waals surface area contributed by atoms with Crippen LogP contribution < -0.4 is 10.6 Å². The summed E-state index contributed by atoms with van der Waals surface area (Å²) >= 11 is 0. The van der Waals surface area contributed by atoms with Gasteiger partial charge in [-0.3, -0.25) is 33.7 Å². The first kappa shape index (κ1) is 30.9. The smallest absolute Gasteiger partial charge is 0.314 e. The van der Waals surface area contributed by atoms with Crippen molar-refractivity contribution in [2.45, 2.75) is 62.5 Å². The van der Waals surface area contributed by atoms with E-state index in [1.54, 1.807) is 28.5 Å². The number of fused-ring (bicyclic) bond motifs is 1. The number of carbonyl (C=O) groups is 6. The van der Waals surface area contributed by atoms with Crippen LogP contribution in [-0.2, 0) is 33.5 Å². The number of amides is 5. The van der Waals surface area contributed by atoms with E-state index in [1.165, 1.54) is 0 Å². The standard InChI is InChI=1S/C23H32N4O10S2/c1-11(6-8-38-39-12(2)5-7-24-14(28)9-26-15(29)3-4-16(26)30)23(36)37-10-13-17(31)18(32)19(33)20-25-21(34)22(35)27(13)20/h3-4,11-13,17-20,31-33H,5-10H2,1-2H3,(H,24,28)(H,25,34)/t11?,12?,13-,17-,18+,19+,20+/m1/s1. The highest BCUT2D eigenvalue weighted by Crippen LogP contribution is 2.30. The third kappa shape index (κ3) is 7.51. The summed E-state index contributed by atoms with van der Waals surface area (Å²) in [6, 6.07) is -1.20. The Morgan fingerprint density at radius 1 is 1.05 bits per heavy atom. The maximum Gasteiger partial charge on any atom is 0.314 e. The van der Waals surface area contributed by atoms with Gasteiger partial charge in [0.25, 0.3) is 11.8 Å². The Hall–Kier alpha value is -2.66. The van der Waals surface area contributed by atoms with Crippen molar-refractivity contribution < 1.29 is 48.8 Å². The molecule has 0 spiro atoms. The van der Waals surface area contributed by atoms with E-state index in [2.05, 4.69) is 10.6 Å². The lowest BCUT2D eigenvalue weighted by molar-refractivity contribution is -0.182. The number of imide groups is 1. The van der Waals surface area contributed by atoms with Gasteiger partial charge >= 0.3 is 17.8 Å². The summed E-state index contributed by atoms with van der Waals surface area (Å²) in [6.07, 6.45) is -2.69. The summed E-state index contributed by atoms with van der Waals surface area (Å²) in [4.78, 5) is 73.1. The molecule has 0 aromatic rings. The summed E-state index contributed by atoms with van der Waals surface area (Å²) in [6.45, 7) is 3.25. The van der Waals surface area contributed by atoms with Gasteiger partial charge in [0.05, 0.1) is 12.0 Å². The van der Waals surface area contributed by atoms with Crippen molar-refractivity contribution in [3.05, 3.63) is 12.2 Å². The molecular formula is C23H32N4O10S2. The summed E-state index contributed by atoms with van der Waals surface area (Å²) in [7, 11) is 3.12. The highest BCUT2D eigenvalue weighted by molar-refractivity contribution is 8.76. The topological polar surface area (TPSA) is 203 Å². The Kier molecular flexibility index (Phi) is 10.8. The zero-order chi connectivity index (χ0) is 28.9. The molecule has 16 heteroatoms. The zero-order valence-corrected chi connectivity index (χ0v) is 23.0. The molecule has 0 aliphatic carbocycles. The average Bonchev–Trinajstić information content (AvgIpc) is 3.37. The van der Waals surface area contributed by atoms with Gasteiger partial charge in [-0.1, -0.05) is 35.4 Å². The molecule has 2 unspecified atom stereocenters. The number of nitrogens with one attached hydrogen (secondary N) is 2. The fourth-order valence-corrected chi connectivity index (χ4v) is 6.70. The predicted octanol–water partition coefficient (Wildman–Crippen LogP) is -2.49. The third-order valence-electron chi connectivity index (χ3n) is 6.52. The van der Waals surface area contributed by atoms with Crippen molar-refractivity contribution >= 4 is 57.1 Å². The normalized spacial score (nSPS) is 27.9. The molecule has 0 saturated carbocycles. The molecule has 0 aromatic carbocycles. The lowest BCUT2D eigenvalue weighted by Crippen LogP contribution is -2.68. The molecule has 39 heavy (non-hydrogen) atoms. The van der Waals surface area contributed by atoms with Crippen molar-refractivity contribution in [2.75, 3.05) is 25.4 Å². The third-order valence-corrected chi connectivity index (χ3v) is 9.52. The van der Waals surface area contributed by atoms with Crippen LogP contribution >= 0.6 is 21.6 Å². The summed E-state index contributed by atoms with van der Waals surface area (Å²) in [5.74, 6) is -3.87.